The molecule has 2 heterocycles. The molecule has 1 aromatic heterocycles. The van der Waals surface area contributed by atoms with Gasteiger partial charge in [-0.15, -0.1) is 12.4 Å². The minimum Gasteiger partial charge on any atom is -0.330 e. The number of nitro groups is 1. The normalized spacial score (nSPS) is 21.1. The number of rotatable bonds is 5. The van der Waals surface area contributed by atoms with Crippen LogP contribution in [0, 0.1) is 16.0 Å². The molecule has 0 saturated carbocycles. The predicted molar refractivity (Wildman–Crippen MR) is 95.2 cm³/mol. The molecule has 3 rings (SSSR count). The largest absolute Gasteiger partial charge is 0.330 e. The fourth-order valence-electron chi connectivity index (χ4n) is 3.21. The zero-order valence-electron chi connectivity index (χ0n) is 12.6. The SMILES string of the molecule is Cl.NC[C@@H]1CN(Cc2csc([N+](=O)[O-])c2)C[C@H]1c1ccccc1. The van der Waals surface area contributed by atoms with Crippen molar-refractivity contribution in [2.45, 2.75) is 12.5 Å². The van der Waals surface area contributed by atoms with Crippen LogP contribution in [0.3, 0.4) is 0 Å². The van der Waals surface area contributed by atoms with Gasteiger partial charge < -0.3 is 5.73 Å². The number of nitrogens with two attached hydrogens (primary N) is 1. The van der Waals surface area contributed by atoms with Gasteiger partial charge in [0, 0.05) is 37.0 Å². The van der Waals surface area contributed by atoms with E-state index in [1.807, 2.05) is 11.4 Å². The van der Waals surface area contributed by atoms with Gasteiger partial charge in [0.05, 0.1) is 4.92 Å². The highest BCUT2D eigenvalue weighted by Gasteiger charge is 2.32. The van der Waals surface area contributed by atoms with Crippen molar-refractivity contribution in [2.75, 3.05) is 19.6 Å². The van der Waals surface area contributed by atoms with E-state index in [4.69, 9.17) is 5.73 Å². The van der Waals surface area contributed by atoms with Crippen LogP contribution in [-0.4, -0.2) is 29.5 Å². The molecule has 0 radical (unpaired) electrons. The lowest BCUT2D eigenvalue weighted by molar-refractivity contribution is -0.380. The average Bonchev–Trinajstić information content (AvgIpc) is 3.15. The highest BCUT2D eigenvalue weighted by atomic mass is 35.5. The van der Waals surface area contributed by atoms with E-state index >= 15 is 0 Å². The lowest BCUT2D eigenvalue weighted by Crippen LogP contribution is -2.23. The van der Waals surface area contributed by atoms with E-state index in [1.165, 1.54) is 16.9 Å². The fraction of sp³-hybridized carbons (Fsp3) is 0.375. The van der Waals surface area contributed by atoms with Gasteiger partial charge in [0.15, 0.2) is 0 Å². The van der Waals surface area contributed by atoms with Crippen LogP contribution in [0.15, 0.2) is 41.8 Å². The van der Waals surface area contributed by atoms with Gasteiger partial charge in [0.1, 0.15) is 0 Å². The fourth-order valence-corrected chi connectivity index (χ4v) is 3.93. The van der Waals surface area contributed by atoms with Gasteiger partial charge in [0.2, 0.25) is 0 Å². The molecular formula is C16H20ClN3O2S. The Balaban J connectivity index is 0.00000192. The highest BCUT2D eigenvalue weighted by molar-refractivity contribution is 7.13. The molecule has 23 heavy (non-hydrogen) atoms. The molecule has 124 valence electrons. The summed E-state index contributed by atoms with van der Waals surface area (Å²) >= 11 is 1.19. The van der Waals surface area contributed by atoms with Crippen LogP contribution in [0.4, 0.5) is 5.00 Å². The molecule has 2 aromatic rings. The van der Waals surface area contributed by atoms with Crippen molar-refractivity contribution in [3.05, 3.63) is 63.0 Å². The zero-order valence-corrected chi connectivity index (χ0v) is 14.3. The maximum atomic E-state index is 10.8. The summed E-state index contributed by atoms with van der Waals surface area (Å²) in [7, 11) is 0. The third kappa shape index (κ3) is 4.09. The summed E-state index contributed by atoms with van der Waals surface area (Å²) in [5, 5.41) is 12.9. The summed E-state index contributed by atoms with van der Waals surface area (Å²) in [5.41, 5.74) is 8.29. The Kier molecular flexibility index (Phi) is 6.12. The number of hydrogen-bond donors (Lipinski definition) is 1. The van der Waals surface area contributed by atoms with Gasteiger partial charge in [0.25, 0.3) is 0 Å². The second-order valence-corrected chi connectivity index (χ2v) is 6.65. The molecule has 1 aromatic carbocycles. The van der Waals surface area contributed by atoms with Gasteiger partial charge in [-0.2, -0.15) is 0 Å². The van der Waals surface area contributed by atoms with E-state index in [1.54, 1.807) is 6.07 Å². The van der Waals surface area contributed by atoms with E-state index in [0.717, 1.165) is 25.2 Å². The Morgan fingerprint density at radius 2 is 2.04 bits per heavy atom. The van der Waals surface area contributed by atoms with Crippen molar-refractivity contribution in [2.24, 2.45) is 11.7 Å². The molecule has 1 saturated heterocycles. The van der Waals surface area contributed by atoms with Crippen LogP contribution >= 0.6 is 23.7 Å². The first-order valence-corrected chi connectivity index (χ1v) is 8.24. The van der Waals surface area contributed by atoms with Crippen molar-refractivity contribution >= 4 is 28.7 Å². The number of thiophene rings is 1. The van der Waals surface area contributed by atoms with Crippen molar-refractivity contribution in [3.63, 3.8) is 0 Å². The smallest absolute Gasteiger partial charge is 0.324 e. The maximum absolute atomic E-state index is 10.8. The number of likely N-dealkylation sites (tertiary alicyclic amines) is 1. The molecule has 0 spiro atoms. The summed E-state index contributed by atoms with van der Waals surface area (Å²) in [6.07, 6.45) is 0. The van der Waals surface area contributed by atoms with Gasteiger partial charge in [-0.3, -0.25) is 15.0 Å². The summed E-state index contributed by atoms with van der Waals surface area (Å²) in [4.78, 5) is 12.8. The molecule has 2 N–H and O–H groups in total. The first kappa shape index (κ1) is 17.9. The molecule has 1 fully saturated rings. The third-order valence-electron chi connectivity index (χ3n) is 4.27. The van der Waals surface area contributed by atoms with E-state index in [9.17, 15) is 10.1 Å². The Bertz CT molecular complexity index is 650. The first-order valence-electron chi connectivity index (χ1n) is 7.36. The second-order valence-electron chi connectivity index (χ2n) is 5.76. The summed E-state index contributed by atoms with van der Waals surface area (Å²) in [6.45, 7) is 3.32. The lowest BCUT2D eigenvalue weighted by Gasteiger charge is -2.16. The second kappa shape index (κ2) is 7.88. The predicted octanol–water partition coefficient (Wildman–Crippen LogP) is 3.25. The van der Waals surface area contributed by atoms with E-state index in [-0.39, 0.29) is 22.3 Å². The monoisotopic (exact) mass is 353 g/mol. The Morgan fingerprint density at radius 3 is 2.65 bits per heavy atom. The number of halogens is 1. The summed E-state index contributed by atoms with van der Waals surface area (Å²) in [6, 6.07) is 12.1. The van der Waals surface area contributed by atoms with Crippen molar-refractivity contribution in [3.8, 4) is 0 Å². The summed E-state index contributed by atoms with van der Waals surface area (Å²) < 4.78 is 0. The van der Waals surface area contributed by atoms with E-state index in [2.05, 4.69) is 29.2 Å². The zero-order chi connectivity index (χ0) is 15.5. The highest BCUT2D eigenvalue weighted by Crippen LogP contribution is 2.33. The van der Waals surface area contributed by atoms with Crippen LogP contribution in [0.5, 0.6) is 0 Å². The minimum absolute atomic E-state index is 0. The molecule has 5 nitrogen and oxygen atoms in total. The molecule has 0 unspecified atom stereocenters. The number of benzene rings is 1. The number of hydrogen-bond acceptors (Lipinski definition) is 5. The van der Waals surface area contributed by atoms with E-state index < -0.39 is 0 Å². The molecule has 2 atom stereocenters. The van der Waals surface area contributed by atoms with Crippen LogP contribution in [0.25, 0.3) is 0 Å². The van der Waals surface area contributed by atoms with Crippen LogP contribution in [-0.2, 0) is 6.54 Å². The van der Waals surface area contributed by atoms with Crippen LogP contribution < -0.4 is 5.73 Å². The van der Waals surface area contributed by atoms with Crippen molar-refractivity contribution in [1.29, 1.82) is 0 Å². The Labute approximate surface area is 145 Å². The van der Waals surface area contributed by atoms with Crippen LogP contribution in [0.1, 0.15) is 17.0 Å². The van der Waals surface area contributed by atoms with Crippen LogP contribution in [0.2, 0.25) is 0 Å². The molecule has 1 aliphatic heterocycles. The van der Waals surface area contributed by atoms with Gasteiger partial charge in [-0.25, -0.2) is 0 Å². The lowest BCUT2D eigenvalue weighted by atomic mass is 9.89. The summed E-state index contributed by atoms with van der Waals surface area (Å²) in [5.74, 6) is 0.885. The molecule has 0 aliphatic carbocycles. The topological polar surface area (TPSA) is 72.4 Å². The van der Waals surface area contributed by atoms with Gasteiger partial charge >= 0.3 is 5.00 Å². The Morgan fingerprint density at radius 1 is 1.30 bits per heavy atom. The third-order valence-corrected chi connectivity index (χ3v) is 5.20. The number of nitrogens with zero attached hydrogens (tertiary/aromatic N) is 2. The van der Waals surface area contributed by atoms with E-state index in [0.29, 0.717) is 18.4 Å². The molecule has 0 bridgehead atoms. The molecule has 7 heteroatoms. The quantitative estimate of drug-likeness (QED) is 0.661. The average molecular weight is 354 g/mol. The van der Waals surface area contributed by atoms with Gasteiger partial charge in [-0.1, -0.05) is 41.7 Å². The van der Waals surface area contributed by atoms with Crippen molar-refractivity contribution < 1.29 is 4.92 Å². The first-order chi connectivity index (χ1) is 10.7. The van der Waals surface area contributed by atoms with Crippen molar-refractivity contribution in [1.82, 2.24) is 4.90 Å². The standard InChI is InChI=1S/C16H19N3O2S.ClH/c17-7-14-9-18(8-12-6-16(19(20)21)22-11-12)10-15(14)13-4-2-1-3-5-13;/h1-6,11,14-15H,7-10,17H2;1H/t14-,15+;/m1./s1. The minimum atomic E-state index is -0.326. The van der Waals surface area contributed by atoms with Gasteiger partial charge in [-0.05, 0) is 23.6 Å². The Hall–Kier alpha value is -1.47. The molecular weight excluding hydrogens is 334 g/mol. The maximum Gasteiger partial charge on any atom is 0.324 e. The molecule has 1 aliphatic rings. The molecule has 0 amide bonds.